The van der Waals surface area contributed by atoms with Crippen LogP contribution in [-0.4, -0.2) is 33.8 Å². The molecule has 0 aromatic heterocycles. The molecule has 2 rings (SSSR count). The van der Waals surface area contributed by atoms with Gasteiger partial charge in [0.2, 0.25) is 11.7 Å². The molecular weight excluding hydrogens is 348 g/mol. The Kier molecular flexibility index (Phi) is 6.60. The van der Waals surface area contributed by atoms with Crippen molar-refractivity contribution in [1.29, 1.82) is 0 Å². The number of halogens is 2. The molecule has 0 atom stereocenters. The van der Waals surface area contributed by atoms with Crippen molar-refractivity contribution in [2.24, 2.45) is 0 Å². The molecule has 0 bridgehead atoms. The van der Waals surface area contributed by atoms with Crippen molar-refractivity contribution < 1.29 is 32.5 Å². The van der Waals surface area contributed by atoms with Crippen LogP contribution in [0.15, 0.2) is 36.4 Å². The monoisotopic (exact) mass is 367 g/mol. The van der Waals surface area contributed by atoms with Crippen LogP contribution in [0.4, 0.5) is 14.5 Å². The molecule has 2 aromatic rings. The Bertz CT molecular complexity index is 742. The van der Waals surface area contributed by atoms with Crippen molar-refractivity contribution in [3.63, 3.8) is 0 Å². The summed E-state index contributed by atoms with van der Waals surface area (Å²) in [4.78, 5) is 12.3. The van der Waals surface area contributed by atoms with Crippen LogP contribution in [0.2, 0.25) is 0 Å². The van der Waals surface area contributed by atoms with Gasteiger partial charge < -0.3 is 24.3 Å². The maximum atomic E-state index is 12.4. The molecule has 0 aliphatic rings. The minimum absolute atomic E-state index is 0.0280. The Morgan fingerprint density at radius 1 is 1.00 bits per heavy atom. The Labute approximate surface area is 149 Å². The molecule has 0 spiro atoms. The normalized spacial score (nSPS) is 10.4. The summed E-state index contributed by atoms with van der Waals surface area (Å²) in [5, 5.41) is 2.56. The fourth-order valence-electron chi connectivity index (χ4n) is 2.39. The summed E-state index contributed by atoms with van der Waals surface area (Å²) >= 11 is 0. The molecule has 140 valence electrons. The second-order valence-electron chi connectivity index (χ2n) is 5.13. The van der Waals surface area contributed by atoms with E-state index in [2.05, 4.69) is 10.1 Å². The van der Waals surface area contributed by atoms with Gasteiger partial charge in [-0.05, 0) is 29.8 Å². The van der Waals surface area contributed by atoms with Gasteiger partial charge in [-0.1, -0.05) is 12.1 Å². The van der Waals surface area contributed by atoms with Crippen molar-refractivity contribution in [3.05, 3.63) is 42.0 Å². The number of methoxy groups -OCH3 is 3. The molecule has 26 heavy (non-hydrogen) atoms. The van der Waals surface area contributed by atoms with Crippen LogP contribution in [0, 0.1) is 0 Å². The predicted molar refractivity (Wildman–Crippen MR) is 91.5 cm³/mol. The number of ether oxygens (including phenoxy) is 4. The van der Waals surface area contributed by atoms with Gasteiger partial charge in [-0.15, -0.1) is 0 Å². The van der Waals surface area contributed by atoms with Crippen molar-refractivity contribution in [1.82, 2.24) is 0 Å². The maximum Gasteiger partial charge on any atom is 0.387 e. The third-order valence-corrected chi connectivity index (χ3v) is 3.47. The van der Waals surface area contributed by atoms with Crippen molar-refractivity contribution in [2.45, 2.75) is 13.0 Å². The second-order valence-corrected chi connectivity index (χ2v) is 5.13. The number of hydrogen-bond donors (Lipinski definition) is 1. The summed E-state index contributed by atoms with van der Waals surface area (Å²) in [6.07, 6.45) is -0.0280. The Balaban J connectivity index is 2.18. The topological polar surface area (TPSA) is 66.0 Å². The van der Waals surface area contributed by atoms with Gasteiger partial charge >= 0.3 is 6.61 Å². The molecule has 0 saturated carbocycles. The smallest absolute Gasteiger partial charge is 0.387 e. The van der Waals surface area contributed by atoms with Gasteiger partial charge in [-0.2, -0.15) is 8.78 Å². The van der Waals surface area contributed by atoms with E-state index < -0.39 is 12.5 Å². The van der Waals surface area contributed by atoms with E-state index in [1.807, 2.05) is 0 Å². The largest absolute Gasteiger partial charge is 0.493 e. The standard InChI is InChI=1S/C18H19F2NO5/c1-23-14-8-11(9-15(24-2)17(14)25-3)10-16(22)21-12-6-4-5-7-13(12)26-18(19)20/h4-9,18H,10H2,1-3H3,(H,21,22). The summed E-state index contributed by atoms with van der Waals surface area (Å²) in [7, 11) is 4.42. The van der Waals surface area contributed by atoms with E-state index in [1.165, 1.54) is 39.5 Å². The average molecular weight is 367 g/mol. The van der Waals surface area contributed by atoms with E-state index >= 15 is 0 Å². The number of alkyl halides is 2. The Hall–Kier alpha value is -3.03. The number of carbonyl (C=O) groups is 1. The lowest BCUT2D eigenvalue weighted by molar-refractivity contribution is -0.115. The molecule has 0 aliphatic heterocycles. The number of nitrogens with one attached hydrogen (secondary N) is 1. The Morgan fingerprint density at radius 3 is 2.15 bits per heavy atom. The highest BCUT2D eigenvalue weighted by Crippen LogP contribution is 2.38. The molecule has 2 aromatic carbocycles. The highest BCUT2D eigenvalue weighted by atomic mass is 19.3. The molecule has 0 saturated heterocycles. The van der Waals surface area contributed by atoms with Crippen LogP contribution in [0.25, 0.3) is 0 Å². The molecule has 1 amide bonds. The molecule has 0 heterocycles. The van der Waals surface area contributed by atoms with E-state index in [0.717, 1.165) is 0 Å². The van der Waals surface area contributed by atoms with Crippen LogP contribution in [0.1, 0.15) is 5.56 Å². The van der Waals surface area contributed by atoms with Gasteiger partial charge in [-0.25, -0.2) is 0 Å². The number of rotatable bonds is 8. The Morgan fingerprint density at radius 2 is 1.62 bits per heavy atom. The highest BCUT2D eigenvalue weighted by Gasteiger charge is 2.16. The molecule has 6 nitrogen and oxygen atoms in total. The molecule has 1 N–H and O–H groups in total. The summed E-state index contributed by atoms with van der Waals surface area (Å²) in [5.41, 5.74) is 0.759. The third kappa shape index (κ3) is 4.75. The van der Waals surface area contributed by atoms with Gasteiger partial charge in [-0.3, -0.25) is 4.79 Å². The van der Waals surface area contributed by atoms with Gasteiger partial charge in [0.15, 0.2) is 11.5 Å². The minimum Gasteiger partial charge on any atom is -0.493 e. The zero-order valence-electron chi connectivity index (χ0n) is 14.5. The van der Waals surface area contributed by atoms with Crippen molar-refractivity contribution in [2.75, 3.05) is 26.6 Å². The first-order valence-corrected chi connectivity index (χ1v) is 7.61. The quantitative estimate of drug-likeness (QED) is 0.774. The first kappa shape index (κ1) is 19.3. The van der Waals surface area contributed by atoms with E-state index in [4.69, 9.17) is 14.2 Å². The zero-order valence-corrected chi connectivity index (χ0v) is 14.5. The minimum atomic E-state index is -2.98. The van der Waals surface area contributed by atoms with Crippen molar-refractivity contribution in [3.8, 4) is 23.0 Å². The van der Waals surface area contributed by atoms with E-state index in [1.54, 1.807) is 18.2 Å². The number of para-hydroxylation sites is 2. The molecule has 0 unspecified atom stereocenters. The van der Waals surface area contributed by atoms with Gasteiger partial charge in [0, 0.05) is 0 Å². The number of amides is 1. The molecule has 0 aliphatic carbocycles. The lowest BCUT2D eigenvalue weighted by Crippen LogP contribution is -2.16. The first-order valence-electron chi connectivity index (χ1n) is 7.61. The van der Waals surface area contributed by atoms with Crippen LogP contribution in [-0.2, 0) is 11.2 Å². The summed E-state index contributed by atoms with van der Waals surface area (Å²) in [5.74, 6) is 0.715. The lowest BCUT2D eigenvalue weighted by atomic mass is 10.1. The fraction of sp³-hybridized carbons (Fsp3) is 0.278. The summed E-state index contributed by atoms with van der Waals surface area (Å²) in [6, 6.07) is 9.25. The molecule has 0 fully saturated rings. The summed E-state index contributed by atoms with van der Waals surface area (Å²) in [6.45, 7) is -2.98. The van der Waals surface area contributed by atoms with E-state index in [9.17, 15) is 13.6 Å². The van der Waals surface area contributed by atoms with Gasteiger partial charge in [0.1, 0.15) is 5.75 Å². The number of hydrogen-bond acceptors (Lipinski definition) is 5. The fourth-order valence-corrected chi connectivity index (χ4v) is 2.39. The molecule has 0 radical (unpaired) electrons. The van der Waals surface area contributed by atoms with Gasteiger partial charge in [0.05, 0.1) is 33.4 Å². The highest BCUT2D eigenvalue weighted by molar-refractivity contribution is 5.93. The zero-order chi connectivity index (χ0) is 19.1. The number of benzene rings is 2. The SMILES string of the molecule is COc1cc(CC(=O)Nc2ccccc2OC(F)F)cc(OC)c1OC. The third-order valence-electron chi connectivity index (χ3n) is 3.47. The van der Waals surface area contributed by atoms with Crippen molar-refractivity contribution >= 4 is 11.6 Å². The number of carbonyl (C=O) groups excluding carboxylic acids is 1. The molecule has 8 heteroatoms. The first-order chi connectivity index (χ1) is 12.5. The predicted octanol–water partition coefficient (Wildman–Crippen LogP) is 3.50. The van der Waals surface area contributed by atoms with Crippen LogP contribution >= 0.6 is 0 Å². The van der Waals surface area contributed by atoms with Gasteiger partial charge in [0.25, 0.3) is 0 Å². The number of anilines is 1. The van der Waals surface area contributed by atoms with E-state index in [-0.39, 0.29) is 17.9 Å². The summed E-state index contributed by atoms with van der Waals surface area (Å²) < 4.78 is 45.0. The average Bonchev–Trinajstić information content (AvgIpc) is 2.61. The van der Waals surface area contributed by atoms with E-state index in [0.29, 0.717) is 22.8 Å². The lowest BCUT2D eigenvalue weighted by Gasteiger charge is -2.15. The van der Waals surface area contributed by atoms with Crippen LogP contribution in [0.5, 0.6) is 23.0 Å². The maximum absolute atomic E-state index is 12.4. The van der Waals surface area contributed by atoms with Crippen LogP contribution < -0.4 is 24.3 Å². The van der Waals surface area contributed by atoms with Crippen LogP contribution in [0.3, 0.4) is 0 Å². The molecular formula is C18H19F2NO5. The second kappa shape index (κ2) is 8.89.